The van der Waals surface area contributed by atoms with Crippen LogP contribution >= 0.6 is 0 Å². The van der Waals surface area contributed by atoms with Crippen LogP contribution in [0.1, 0.15) is 17.2 Å². The number of nitro benzene ring substituents is 2. The Balaban J connectivity index is 1.83. The van der Waals surface area contributed by atoms with Crippen LogP contribution in [-0.2, 0) is 4.74 Å². The molecule has 0 aliphatic carbocycles. The Hall–Kier alpha value is -3.33. The Morgan fingerprint density at radius 2 is 1.48 bits per heavy atom. The Bertz CT molecular complexity index is 832. The van der Waals surface area contributed by atoms with Gasteiger partial charge in [-0.3, -0.25) is 20.2 Å². The summed E-state index contributed by atoms with van der Waals surface area (Å²) in [7, 11) is 0. The summed E-state index contributed by atoms with van der Waals surface area (Å²) in [6.07, 6.45) is -0.587. The fourth-order valence-corrected chi connectivity index (χ4v) is 2.53. The van der Waals surface area contributed by atoms with Crippen molar-refractivity contribution in [1.29, 1.82) is 0 Å². The van der Waals surface area contributed by atoms with E-state index in [0.29, 0.717) is 11.1 Å². The number of rotatable bonds is 5. The highest BCUT2D eigenvalue weighted by atomic mass is 16.6. The molecule has 0 aromatic heterocycles. The van der Waals surface area contributed by atoms with E-state index in [2.05, 4.69) is 4.99 Å². The standard InChI is InChI=1S/C16H13N3O6/c20-9-14-15(10-1-5-12(6-2-10)18(21)22)25-16(17-14)11-3-7-13(8-4-11)19(23)24/h1-8,14-15,20H,9H2/t14-,15-/m0/s1. The van der Waals surface area contributed by atoms with Crippen LogP contribution in [0.2, 0.25) is 0 Å². The van der Waals surface area contributed by atoms with E-state index in [-0.39, 0.29) is 23.9 Å². The highest BCUT2D eigenvalue weighted by molar-refractivity contribution is 5.95. The van der Waals surface area contributed by atoms with Crippen molar-refractivity contribution >= 4 is 17.3 Å². The molecule has 3 rings (SSSR count). The number of hydrogen-bond donors (Lipinski definition) is 1. The molecule has 2 aromatic carbocycles. The zero-order valence-corrected chi connectivity index (χ0v) is 12.8. The first-order valence-corrected chi connectivity index (χ1v) is 7.34. The highest BCUT2D eigenvalue weighted by Gasteiger charge is 2.32. The lowest BCUT2D eigenvalue weighted by atomic mass is 10.0. The van der Waals surface area contributed by atoms with Gasteiger partial charge in [-0.15, -0.1) is 0 Å². The summed E-state index contributed by atoms with van der Waals surface area (Å²) in [5.74, 6) is 0.261. The minimum atomic E-state index is -0.587. The van der Waals surface area contributed by atoms with Gasteiger partial charge in [0, 0.05) is 29.8 Å². The Morgan fingerprint density at radius 3 is 1.96 bits per heavy atom. The molecule has 1 aliphatic rings. The van der Waals surface area contributed by atoms with E-state index >= 15 is 0 Å². The molecule has 1 N–H and O–H groups in total. The maximum absolute atomic E-state index is 10.7. The molecule has 0 spiro atoms. The van der Waals surface area contributed by atoms with Gasteiger partial charge in [-0.25, -0.2) is 4.99 Å². The van der Waals surface area contributed by atoms with Gasteiger partial charge < -0.3 is 9.84 Å². The Kier molecular flexibility index (Phi) is 4.40. The first kappa shape index (κ1) is 16.5. The minimum Gasteiger partial charge on any atom is -0.467 e. The van der Waals surface area contributed by atoms with Crippen LogP contribution in [-0.4, -0.2) is 33.5 Å². The monoisotopic (exact) mass is 343 g/mol. The molecule has 2 atom stereocenters. The van der Waals surface area contributed by atoms with E-state index in [1.807, 2.05) is 0 Å². The number of hydrogen-bond acceptors (Lipinski definition) is 7. The van der Waals surface area contributed by atoms with E-state index < -0.39 is 22.0 Å². The fraction of sp³-hybridized carbons (Fsp3) is 0.188. The van der Waals surface area contributed by atoms with Gasteiger partial charge in [0.15, 0.2) is 6.10 Å². The van der Waals surface area contributed by atoms with Gasteiger partial charge in [0.1, 0.15) is 6.04 Å². The minimum absolute atomic E-state index is 0.0428. The smallest absolute Gasteiger partial charge is 0.269 e. The first-order chi connectivity index (χ1) is 12.0. The number of non-ortho nitro benzene ring substituents is 2. The van der Waals surface area contributed by atoms with Crippen molar-refractivity contribution in [3.8, 4) is 0 Å². The van der Waals surface area contributed by atoms with Crippen molar-refractivity contribution < 1.29 is 19.7 Å². The molecule has 1 heterocycles. The molecular weight excluding hydrogens is 330 g/mol. The van der Waals surface area contributed by atoms with Crippen LogP contribution in [0.15, 0.2) is 53.5 Å². The van der Waals surface area contributed by atoms with E-state index in [1.54, 1.807) is 12.1 Å². The van der Waals surface area contributed by atoms with Gasteiger partial charge in [0.05, 0.1) is 16.5 Å². The molecule has 2 aromatic rings. The summed E-state index contributed by atoms with van der Waals surface area (Å²) in [6.45, 7) is -0.266. The van der Waals surface area contributed by atoms with Gasteiger partial charge in [0.25, 0.3) is 11.4 Å². The summed E-state index contributed by atoms with van der Waals surface area (Å²) in [4.78, 5) is 24.7. The summed E-state index contributed by atoms with van der Waals surface area (Å²) < 4.78 is 5.79. The lowest BCUT2D eigenvalue weighted by molar-refractivity contribution is -0.385. The molecule has 9 heteroatoms. The predicted molar refractivity (Wildman–Crippen MR) is 87.4 cm³/mol. The largest absolute Gasteiger partial charge is 0.467 e. The van der Waals surface area contributed by atoms with Gasteiger partial charge in [-0.05, 0) is 29.8 Å². The molecule has 0 unspecified atom stereocenters. The van der Waals surface area contributed by atoms with Crippen molar-refractivity contribution in [2.45, 2.75) is 12.1 Å². The molecule has 0 radical (unpaired) electrons. The second kappa shape index (κ2) is 6.65. The van der Waals surface area contributed by atoms with Gasteiger partial charge >= 0.3 is 0 Å². The first-order valence-electron chi connectivity index (χ1n) is 7.34. The SMILES string of the molecule is O=[N+]([O-])c1ccc(C2=N[C@@H](CO)[C@H](c3ccc([N+](=O)[O-])cc3)O2)cc1. The quantitative estimate of drug-likeness (QED) is 0.655. The predicted octanol–water partition coefficient (Wildman–Crippen LogP) is 2.38. The molecule has 0 saturated heterocycles. The maximum atomic E-state index is 10.7. The van der Waals surface area contributed by atoms with Crippen LogP contribution in [0.25, 0.3) is 0 Å². The zero-order valence-electron chi connectivity index (χ0n) is 12.8. The third kappa shape index (κ3) is 3.31. The van der Waals surface area contributed by atoms with Crippen LogP contribution in [0.4, 0.5) is 11.4 Å². The molecule has 1 aliphatic heterocycles. The van der Waals surface area contributed by atoms with Gasteiger partial charge in [-0.1, -0.05) is 0 Å². The Morgan fingerprint density at radius 1 is 0.960 bits per heavy atom. The number of aliphatic imine (C=N–C) groups is 1. The third-order valence-electron chi connectivity index (χ3n) is 3.82. The summed E-state index contributed by atoms with van der Waals surface area (Å²) in [5.41, 5.74) is 1.10. The van der Waals surface area contributed by atoms with Crippen LogP contribution < -0.4 is 0 Å². The summed E-state index contributed by atoms with van der Waals surface area (Å²) in [5, 5.41) is 31.0. The van der Waals surface area contributed by atoms with E-state index in [0.717, 1.165) is 0 Å². The summed E-state index contributed by atoms with van der Waals surface area (Å²) >= 11 is 0. The number of ether oxygens (including phenoxy) is 1. The lowest BCUT2D eigenvalue weighted by Crippen LogP contribution is -2.18. The van der Waals surface area contributed by atoms with E-state index in [9.17, 15) is 25.3 Å². The second-order valence-corrected chi connectivity index (χ2v) is 5.38. The average Bonchev–Trinajstić information content (AvgIpc) is 3.06. The van der Waals surface area contributed by atoms with Crippen molar-refractivity contribution in [2.24, 2.45) is 4.99 Å². The number of nitro groups is 2. The van der Waals surface area contributed by atoms with Gasteiger partial charge in [-0.2, -0.15) is 0 Å². The molecule has 0 amide bonds. The van der Waals surface area contributed by atoms with E-state index in [1.165, 1.54) is 36.4 Å². The zero-order chi connectivity index (χ0) is 18.0. The van der Waals surface area contributed by atoms with Crippen molar-refractivity contribution in [1.82, 2.24) is 0 Å². The number of aliphatic hydroxyl groups excluding tert-OH is 1. The lowest BCUT2D eigenvalue weighted by Gasteiger charge is -2.16. The van der Waals surface area contributed by atoms with Crippen molar-refractivity contribution in [2.75, 3.05) is 6.61 Å². The molecule has 0 saturated carbocycles. The molecule has 0 bridgehead atoms. The Labute approximate surface area is 141 Å². The topological polar surface area (TPSA) is 128 Å². The average molecular weight is 343 g/mol. The van der Waals surface area contributed by atoms with Crippen LogP contribution in [0, 0.1) is 20.2 Å². The number of nitrogens with zero attached hydrogens (tertiary/aromatic N) is 3. The second-order valence-electron chi connectivity index (χ2n) is 5.38. The third-order valence-corrected chi connectivity index (χ3v) is 3.82. The van der Waals surface area contributed by atoms with E-state index in [4.69, 9.17) is 4.74 Å². The highest BCUT2D eigenvalue weighted by Crippen LogP contribution is 2.32. The van der Waals surface area contributed by atoms with Crippen LogP contribution in [0.3, 0.4) is 0 Å². The maximum Gasteiger partial charge on any atom is 0.269 e. The number of aliphatic hydroxyl groups is 1. The molecule has 25 heavy (non-hydrogen) atoms. The van der Waals surface area contributed by atoms with Gasteiger partial charge in [0.2, 0.25) is 5.90 Å². The van der Waals surface area contributed by atoms with Crippen molar-refractivity contribution in [3.63, 3.8) is 0 Å². The molecular formula is C16H13N3O6. The molecule has 0 fully saturated rings. The van der Waals surface area contributed by atoms with Crippen molar-refractivity contribution in [3.05, 3.63) is 79.9 Å². The van der Waals surface area contributed by atoms with Crippen LogP contribution in [0.5, 0.6) is 0 Å². The number of benzene rings is 2. The fourth-order valence-electron chi connectivity index (χ4n) is 2.53. The molecule has 128 valence electrons. The summed E-state index contributed by atoms with van der Waals surface area (Å²) in [6, 6.07) is 11.0. The molecule has 9 nitrogen and oxygen atoms in total. The normalized spacial score (nSPS) is 19.2.